The number of aliphatic carboxylic acids is 1. The monoisotopic (exact) mass is 158 g/mol. The number of carboxylic acids is 1. The van der Waals surface area contributed by atoms with E-state index < -0.39 is 11.9 Å². The zero-order valence-corrected chi connectivity index (χ0v) is 4.84. The SMILES string of the molecule is CC(=O)C(C)C(=O)O.[CaH2]. The second-order valence-electron chi connectivity index (χ2n) is 1.67. The molecule has 0 rings (SSSR count). The summed E-state index contributed by atoms with van der Waals surface area (Å²) in [5.41, 5.74) is 0. The quantitative estimate of drug-likeness (QED) is 0.430. The number of carbonyl (C=O) groups is 2. The molecule has 0 radical (unpaired) electrons. The Hall–Kier alpha value is 0.400. The van der Waals surface area contributed by atoms with E-state index in [1.807, 2.05) is 0 Å². The van der Waals surface area contributed by atoms with E-state index >= 15 is 0 Å². The van der Waals surface area contributed by atoms with E-state index in [2.05, 4.69) is 0 Å². The van der Waals surface area contributed by atoms with Gasteiger partial charge < -0.3 is 5.11 Å². The fourth-order valence-corrected chi connectivity index (χ4v) is 0.174. The molecule has 0 aliphatic heterocycles. The van der Waals surface area contributed by atoms with Crippen LogP contribution >= 0.6 is 0 Å². The average Bonchev–Trinajstić information content (AvgIpc) is 1.64. The van der Waals surface area contributed by atoms with Crippen LogP contribution in [0, 0.1) is 5.92 Å². The molecule has 1 unspecified atom stereocenters. The Labute approximate surface area is 83.4 Å². The molecule has 3 nitrogen and oxygen atoms in total. The van der Waals surface area contributed by atoms with E-state index in [9.17, 15) is 9.59 Å². The molecule has 0 fully saturated rings. The number of ketones is 1. The molecular formula is C5H10CaO3. The Morgan fingerprint density at radius 1 is 1.44 bits per heavy atom. The van der Waals surface area contributed by atoms with Crippen LogP contribution in [0.15, 0.2) is 0 Å². The summed E-state index contributed by atoms with van der Waals surface area (Å²) in [7, 11) is 0. The van der Waals surface area contributed by atoms with Gasteiger partial charge in [-0.2, -0.15) is 0 Å². The standard InChI is InChI=1S/C5H8O3.Ca.2H/c1-3(4(2)6)5(7)8;;;/h3H,1-2H3,(H,7,8);;;. The van der Waals surface area contributed by atoms with Crippen molar-refractivity contribution in [1.29, 1.82) is 0 Å². The molecule has 0 aromatic carbocycles. The molecule has 1 N–H and O–H groups in total. The summed E-state index contributed by atoms with van der Waals surface area (Å²) in [4.78, 5) is 20.1. The van der Waals surface area contributed by atoms with Crippen LogP contribution in [0.25, 0.3) is 0 Å². The summed E-state index contributed by atoms with van der Waals surface area (Å²) in [5, 5.41) is 8.13. The molecule has 0 saturated heterocycles. The van der Waals surface area contributed by atoms with Crippen LogP contribution in [-0.4, -0.2) is 54.6 Å². The van der Waals surface area contributed by atoms with Crippen LogP contribution in [0.1, 0.15) is 13.8 Å². The van der Waals surface area contributed by atoms with Gasteiger partial charge in [-0.15, -0.1) is 0 Å². The van der Waals surface area contributed by atoms with Crippen molar-refractivity contribution in [1.82, 2.24) is 0 Å². The number of carbonyl (C=O) groups excluding carboxylic acids is 1. The van der Waals surface area contributed by atoms with Gasteiger partial charge in [0.25, 0.3) is 0 Å². The van der Waals surface area contributed by atoms with Crippen LogP contribution < -0.4 is 0 Å². The van der Waals surface area contributed by atoms with E-state index in [0.717, 1.165) is 0 Å². The minimum absolute atomic E-state index is 0. The van der Waals surface area contributed by atoms with Crippen LogP contribution in [0.4, 0.5) is 0 Å². The van der Waals surface area contributed by atoms with Crippen LogP contribution in [0.5, 0.6) is 0 Å². The van der Waals surface area contributed by atoms with E-state index in [-0.39, 0.29) is 43.5 Å². The van der Waals surface area contributed by atoms with Gasteiger partial charge in [0.05, 0.1) is 0 Å². The van der Waals surface area contributed by atoms with Crippen molar-refractivity contribution < 1.29 is 14.7 Å². The van der Waals surface area contributed by atoms with Crippen LogP contribution in [0.2, 0.25) is 0 Å². The van der Waals surface area contributed by atoms with Gasteiger partial charge in [0.2, 0.25) is 0 Å². The third-order valence-corrected chi connectivity index (χ3v) is 0.980. The molecule has 0 saturated carbocycles. The van der Waals surface area contributed by atoms with Gasteiger partial charge in [-0.05, 0) is 13.8 Å². The first kappa shape index (κ1) is 12.1. The summed E-state index contributed by atoms with van der Waals surface area (Å²) < 4.78 is 0. The molecule has 0 aromatic heterocycles. The third kappa shape index (κ3) is 4.88. The van der Waals surface area contributed by atoms with Crippen molar-refractivity contribution in [3.8, 4) is 0 Å². The third-order valence-electron chi connectivity index (χ3n) is 0.980. The average molecular weight is 158 g/mol. The number of Topliss-reactive ketones (excluding diaryl/α,β-unsaturated/α-hetero) is 1. The summed E-state index contributed by atoms with van der Waals surface area (Å²) in [6.45, 7) is 2.63. The van der Waals surface area contributed by atoms with Crippen molar-refractivity contribution in [2.24, 2.45) is 5.92 Å². The molecule has 0 aliphatic carbocycles. The summed E-state index contributed by atoms with van der Waals surface area (Å²) in [6.07, 6.45) is 0. The first-order valence-corrected chi connectivity index (χ1v) is 2.29. The molecule has 0 bridgehead atoms. The molecule has 9 heavy (non-hydrogen) atoms. The van der Waals surface area contributed by atoms with Crippen molar-refractivity contribution in [3.63, 3.8) is 0 Å². The summed E-state index contributed by atoms with van der Waals surface area (Å²) >= 11 is 0. The topological polar surface area (TPSA) is 54.4 Å². The van der Waals surface area contributed by atoms with Gasteiger partial charge in [-0.25, -0.2) is 0 Å². The molecule has 0 heterocycles. The number of hydrogen-bond acceptors (Lipinski definition) is 2. The van der Waals surface area contributed by atoms with E-state index in [1.165, 1.54) is 13.8 Å². The minimum atomic E-state index is -1.06. The molecule has 0 amide bonds. The first-order valence-electron chi connectivity index (χ1n) is 2.29. The second kappa shape index (κ2) is 5.21. The Morgan fingerprint density at radius 3 is 1.78 bits per heavy atom. The maximum absolute atomic E-state index is 10.2. The van der Waals surface area contributed by atoms with Gasteiger partial charge in [0.1, 0.15) is 11.7 Å². The maximum atomic E-state index is 10.2. The van der Waals surface area contributed by atoms with Crippen molar-refractivity contribution in [2.45, 2.75) is 13.8 Å². The van der Waals surface area contributed by atoms with E-state index in [0.29, 0.717) is 0 Å². The Balaban J connectivity index is 0. The van der Waals surface area contributed by atoms with Gasteiger partial charge in [-0.3, -0.25) is 9.59 Å². The normalized spacial score (nSPS) is 11.3. The van der Waals surface area contributed by atoms with Gasteiger partial charge in [-0.1, -0.05) is 0 Å². The molecule has 4 heteroatoms. The molecule has 0 spiro atoms. The number of carboxylic acid groups (broad SMARTS) is 1. The zero-order chi connectivity index (χ0) is 6.73. The molecule has 50 valence electrons. The van der Waals surface area contributed by atoms with E-state index in [4.69, 9.17) is 5.11 Å². The first-order chi connectivity index (χ1) is 3.55. The zero-order valence-electron chi connectivity index (χ0n) is 4.84. The Bertz CT molecular complexity index is 107. The van der Waals surface area contributed by atoms with Crippen molar-refractivity contribution in [3.05, 3.63) is 0 Å². The van der Waals surface area contributed by atoms with Gasteiger partial charge >= 0.3 is 43.7 Å². The molecule has 1 atom stereocenters. The predicted molar refractivity (Wildman–Crippen MR) is 36.0 cm³/mol. The molecule has 0 aliphatic rings. The number of rotatable bonds is 2. The fraction of sp³-hybridized carbons (Fsp3) is 0.600. The summed E-state index contributed by atoms with van der Waals surface area (Å²) in [5.74, 6) is -2.22. The van der Waals surface area contributed by atoms with Crippen LogP contribution in [0.3, 0.4) is 0 Å². The number of hydrogen-bond donors (Lipinski definition) is 1. The molecule has 0 aromatic rings. The molecular weight excluding hydrogens is 148 g/mol. The predicted octanol–water partition coefficient (Wildman–Crippen LogP) is -0.620. The second-order valence-corrected chi connectivity index (χ2v) is 1.67. The van der Waals surface area contributed by atoms with Gasteiger partial charge in [0, 0.05) is 0 Å². The van der Waals surface area contributed by atoms with Crippen molar-refractivity contribution >= 4 is 49.5 Å². The Morgan fingerprint density at radius 2 is 1.78 bits per heavy atom. The summed E-state index contributed by atoms with van der Waals surface area (Å²) in [6, 6.07) is 0. The Kier molecular flexibility index (Phi) is 7.01. The van der Waals surface area contributed by atoms with Crippen LogP contribution in [-0.2, 0) is 9.59 Å². The van der Waals surface area contributed by atoms with E-state index in [1.54, 1.807) is 0 Å². The van der Waals surface area contributed by atoms with Gasteiger partial charge in [0.15, 0.2) is 0 Å². The fourth-order valence-electron chi connectivity index (χ4n) is 0.174. The van der Waals surface area contributed by atoms with Crippen molar-refractivity contribution in [2.75, 3.05) is 0 Å².